The normalized spacial score (nSPS) is 16.2. The average Bonchev–Trinajstić information content (AvgIpc) is 2.86. The third-order valence-corrected chi connectivity index (χ3v) is 3.83. The van der Waals surface area contributed by atoms with Gasteiger partial charge in [-0.2, -0.15) is 0 Å². The Morgan fingerprint density at radius 3 is 2.78 bits per heavy atom. The van der Waals surface area contributed by atoms with Gasteiger partial charge in [-0.1, -0.05) is 18.2 Å². The first kappa shape index (κ1) is 13.6. The summed E-state index contributed by atoms with van der Waals surface area (Å²) in [7, 11) is 0. The van der Waals surface area contributed by atoms with E-state index in [1.807, 2.05) is 30.3 Å². The zero-order chi connectivity index (χ0) is 15.8. The molecule has 0 saturated heterocycles. The van der Waals surface area contributed by atoms with E-state index in [9.17, 15) is 9.90 Å². The van der Waals surface area contributed by atoms with E-state index in [-0.39, 0.29) is 17.4 Å². The Hall–Kier alpha value is -3.08. The number of hydrogen-bond donors (Lipinski definition) is 2. The van der Waals surface area contributed by atoms with Crippen LogP contribution in [-0.2, 0) is 0 Å². The molecule has 1 aromatic heterocycles. The van der Waals surface area contributed by atoms with E-state index in [1.165, 1.54) is 6.07 Å². The molecule has 3 aromatic rings. The van der Waals surface area contributed by atoms with Crippen LogP contribution in [0.4, 0.5) is 5.69 Å². The van der Waals surface area contributed by atoms with Crippen LogP contribution in [0.15, 0.2) is 57.9 Å². The van der Waals surface area contributed by atoms with Gasteiger partial charge in [0.2, 0.25) is 5.76 Å². The highest BCUT2D eigenvalue weighted by atomic mass is 16.3. The van der Waals surface area contributed by atoms with Crippen molar-refractivity contribution >= 4 is 28.3 Å². The number of furan rings is 1. The monoisotopic (exact) mass is 306 g/mol. The number of rotatable bonds is 1. The molecule has 0 atom stereocenters. The van der Waals surface area contributed by atoms with Crippen LogP contribution in [0, 0.1) is 0 Å². The Morgan fingerprint density at radius 1 is 1.13 bits per heavy atom. The highest BCUT2D eigenvalue weighted by molar-refractivity contribution is 6.18. The number of aliphatic imine (C=N–C) groups is 1. The molecule has 5 heteroatoms. The van der Waals surface area contributed by atoms with Crippen molar-refractivity contribution in [2.45, 2.75) is 6.42 Å². The Balaban J connectivity index is 1.98. The van der Waals surface area contributed by atoms with Crippen LogP contribution in [0.1, 0.15) is 22.5 Å². The number of nitrogens with zero attached hydrogens (tertiary/aromatic N) is 1. The molecular weight excluding hydrogens is 292 g/mol. The van der Waals surface area contributed by atoms with Gasteiger partial charge in [-0.15, -0.1) is 0 Å². The number of para-hydroxylation sites is 1. The second-order valence-corrected chi connectivity index (χ2v) is 5.39. The maximum Gasteiger partial charge on any atom is 0.287 e. The predicted molar refractivity (Wildman–Crippen MR) is 87.5 cm³/mol. The fourth-order valence-corrected chi connectivity index (χ4v) is 2.80. The van der Waals surface area contributed by atoms with Gasteiger partial charge in [0, 0.05) is 18.4 Å². The summed E-state index contributed by atoms with van der Waals surface area (Å²) in [6.07, 6.45) is 0.595. The number of phenolic OH excluding ortho intramolecular Hbond substituents is 1. The number of hydrogen-bond acceptors (Lipinski definition) is 4. The molecule has 4 rings (SSSR count). The molecule has 2 heterocycles. The van der Waals surface area contributed by atoms with E-state index in [2.05, 4.69) is 10.3 Å². The van der Waals surface area contributed by atoms with E-state index in [0.717, 1.165) is 11.4 Å². The van der Waals surface area contributed by atoms with Gasteiger partial charge in [-0.25, -0.2) is 0 Å². The Labute approximate surface area is 132 Å². The molecule has 1 aliphatic heterocycles. The smallest absolute Gasteiger partial charge is 0.287 e. The topological polar surface area (TPSA) is 74.8 Å². The fraction of sp³-hybridized carbons (Fsp3) is 0.111. The Kier molecular flexibility index (Phi) is 3.12. The first-order valence-corrected chi connectivity index (χ1v) is 7.39. The molecule has 23 heavy (non-hydrogen) atoms. The molecule has 0 aliphatic carbocycles. The van der Waals surface area contributed by atoms with Gasteiger partial charge in [-0.05, 0) is 30.3 Å². The highest BCUT2D eigenvalue weighted by Crippen LogP contribution is 2.32. The van der Waals surface area contributed by atoms with Crippen LogP contribution >= 0.6 is 0 Å². The van der Waals surface area contributed by atoms with Gasteiger partial charge in [0.05, 0.1) is 17.0 Å². The highest BCUT2D eigenvalue weighted by Gasteiger charge is 2.27. The third kappa shape index (κ3) is 2.36. The van der Waals surface area contributed by atoms with Crippen molar-refractivity contribution in [3.05, 3.63) is 59.9 Å². The van der Waals surface area contributed by atoms with Crippen molar-refractivity contribution in [1.82, 2.24) is 5.32 Å². The van der Waals surface area contributed by atoms with Crippen LogP contribution in [0.2, 0.25) is 0 Å². The van der Waals surface area contributed by atoms with E-state index in [4.69, 9.17) is 4.42 Å². The van der Waals surface area contributed by atoms with Gasteiger partial charge < -0.3 is 14.8 Å². The maximum atomic E-state index is 12.2. The number of carbonyl (C=O) groups excluding carboxylic acids is 1. The van der Waals surface area contributed by atoms with Gasteiger partial charge >= 0.3 is 0 Å². The van der Waals surface area contributed by atoms with Crippen LogP contribution in [-0.4, -0.2) is 23.3 Å². The zero-order valence-corrected chi connectivity index (χ0v) is 12.2. The molecule has 1 amide bonds. The van der Waals surface area contributed by atoms with Crippen LogP contribution in [0.5, 0.6) is 5.75 Å². The molecule has 5 nitrogen and oxygen atoms in total. The van der Waals surface area contributed by atoms with Crippen LogP contribution < -0.4 is 5.32 Å². The van der Waals surface area contributed by atoms with Crippen molar-refractivity contribution in [2.24, 2.45) is 4.99 Å². The number of carbonyl (C=O) groups is 1. The van der Waals surface area contributed by atoms with Gasteiger partial charge in [-0.3, -0.25) is 9.79 Å². The molecule has 0 spiro atoms. The molecule has 0 unspecified atom stereocenters. The van der Waals surface area contributed by atoms with E-state index in [1.54, 1.807) is 12.1 Å². The summed E-state index contributed by atoms with van der Waals surface area (Å²) in [6, 6.07) is 14.4. The summed E-state index contributed by atoms with van der Waals surface area (Å²) in [6.45, 7) is 0.495. The number of fused-ring (bicyclic) bond motifs is 3. The lowest BCUT2D eigenvalue weighted by Crippen LogP contribution is -2.22. The summed E-state index contributed by atoms with van der Waals surface area (Å²) in [5.41, 5.74) is 2.81. The van der Waals surface area contributed by atoms with Crippen molar-refractivity contribution in [2.75, 3.05) is 6.54 Å². The molecule has 0 fully saturated rings. The lowest BCUT2D eigenvalue weighted by atomic mass is 10.0. The summed E-state index contributed by atoms with van der Waals surface area (Å²) in [5.74, 6) is 0.122. The fourth-order valence-electron chi connectivity index (χ4n) is 2.80. The number of aromatic hydroxyl groups is 1. The molecule has 0 radical (unpaired) electrons. The standard InChI is InChI=1S/C18H14N2O3/c21-12-6-7-15-13(10-12)16-14(20-11-4-2-1-3-5-11)8-9-19-18(22)17(16)23-15/h1-7,10,21H,8-9H2,(H,19,22)/b20-14+. The summed E-state index contributed by atoms with van der Waals surface area (Å²) < 4.78 is 5.70. The van der Waals surface area contributed by atoms with Gasteiger partial charge in [0.15, 0.2) is 0 Å². The van der Waals surface area contributed by atoms with Crippen molar-refractivity contribution in [3.8, 4) is 5.75 Å². The zero-order valence-electron chi connectivity index (χ0n) is 12.2. The molecule has 114 valence electrons. The average molecular weight is 306 g/mol. The Morgan fingerprint density at radius 2 is 1.96 bits per heavy atom. The van der Waals surface area contributed by atoms with Crippen molar-refractivity contribution in [3.63, 3.8) is 0 Å². The number of phenols is 1. The second-order valence-electron chi connectivity index (χ2n) is 5.39. The largest absolute Gasteiger partial charge is 0.508 e. The number of amides is 1. The van der Waals surface area contributed by atoms with Gasteiger partial charge in [0.1, 0.15) is 11.3 Å². The maximum absolute atomic E-state index is 12.2. The third-order valence-electron chi connectivity index (χ3n) is 3.83. The molecular formula is C18H14N2O3. The molecule has 2 aromatic carbocycles. The molecule has 1 aliphatic rings. The number of benzene rings is 2. The van der Waals surface area contributed by atoms with E-state index < -0.39 is 0 Å². The molecule has 0 saturated carbocycles. The van der Waals surface area contributed by atoms with Crippen LogP contribution in [0.3, 0.4) is 0 Å². The molecule has 0 bridgehead atoms. The minimum atomic E-state index is -0.256. The quantitative estimate of drug-likeness (QED) is 0.723. The SMILES string of the molecule is O=C1NCC/C(=N\c2ccccc2)c2c1oc1ccc(O)cc21. The van der Waals surface area contributed by atoms with Crippen molar-refractivity contribution in [1.29, 1.82) is 0 Å². The predicted octanol–water partition coefficient (Wildman–Crippen LogP) is 3.39. The lowest BCUT2D eigenvalue weighted by Gasteiger charge is -2.03. The number of nitrogens with one attached hydrogen (secondary N) is 1. The lowest BCUT2D eigenvalue weighted by molar-refractivity contribution is 0.0931. The Bertz CT molecular complexity index is 926. The summed E-state index contributed by atoms with van der Waals surface area (Å²) in [4.78, 5) is 16.9. The second kappa shape index (κ2) is 5.28. The minimum Gasteiger partial charge on any atom is -0.508 e. The summed E-state index contributed by atoms with van der Waals surface area (Å²) in [5, 5.41) is 13.3. The first-order chi connectivity index (χ1) is 11.2. The first-order valence-electron chi connectivity index (χ1n) is 7.39. The van der Waals surface area contributed by atoms with Crippen molar-refractivity contribution < 1.29 is 14.3 Å². The van der Waals surface area contributed by atoms with Gasteiger partial charge in [0.25, 0.3) is 5.91 Å². The van der Waals surface area contributed by atoms with Crippen LogP contribution in [0.25, 0.3) is 11.0 Å². The summed E-state index contributed by atoms with van der Waals surface area (Å²) >= 11 is 0. The molecule has 2 N–H and O–H groups in total. The van der Waals surface area contributed by atoms with E-state index >= 15 is 0 Å². The minimum absolute atomic E-state index is 0.129. The van der Waals surface area contributed by atoms with E-state index in [0.29, 0.717) is 29.5 Å².